The second-order valence-electron chi connectivity index (χ2n) is 7.11. The van der Waals surface area contributed by atoms with E-state index in [0.29, 0.717) is 29.2 Å². The molecule has 152 valence electrons. The number of aryl methyl sites for hydroxylation is 1. The fourth-order valence-corrected chi connectivity index (χ4v) is 5.82. The van der Waals surface area contributed by atoms with E-state index in [1.54, 1.807) is 36.4 Å². The van der Waals surface area contributed by atoms with Crippen molar-refractivity contribution in [1.82, 2.24) is 9.29 Å². The Bertz CT molecular complexity index is 1160. The van der Waals surface area contributed by atoms with Gasteiger partial charge in [0.1, 0.15) is 11.3 Å². The van der Waals surface area contributed by atoms with Crippen molar-refractivity contribution in [3.8, 4) is 0 Å². The van der Waals surface area contributed by atoms with Gasteiger partial charge in [0, 0.05) is 13.1 Å². The Balaban J connectivity index is 1.49. The van der Waals surface area contributed by atoms with E-state index in [-0.39, 0.29) is 22.9 Å². The predicted octanol–water partition coefficient (Wildman–Crippen LogP) is 3.78. The van der Waals surface area contributed by atoms with E-state index >= 15 is 0 Å². The number of aromatic nitrogens is 1. The lowest BCUT2D eigenvalue weighted by Gasteiger charge is -2.31. The molecule has 1 aliphatic rings. The molecule has 0 aliphatic carbocycles. The average Bonchev–Trinajstić information content (AvgIpc) is 3.12. The Hall–Kier alpha value is -2.36. The molecule has 1 N–H and O–H groups in total. The minimum absolute atomic E-state index is 0.112. The third kappa shape index (κ3) is 4.03. The molecule has 3 aromatic rings. The van der Waals surface area contributed by atoms with E-state index in [0.717, 1.165) is 5.56 Å². The molecule has 1 saturated heterocycles. The summed E-state index contributed by atoms with van der Waals surface area (Å²) in [6.45, 7) is 2.39. The number of nitrogens with one attached hydrogen (secondary N) is 1. The molecule has 9 heteroatoms. The summed E-state index contributed by atoms with van der Waals surface area (Å²) in [4.78, 5) is 17.1. The molecule has 1 fully saturated rings. The molecule has 0 spiro atoms. The highest BCUT2D eigenvalue weighted by molar-refractivity contribution is 7.89. The number of carbonyl (C=O) groups is 1. The standard InChI is InChI=1S/C20H20FN3O3S2/c1-13-7-9-15(10-8-13)29(26,27)24-11-3-4-14(12-24)19(25)23-20-22-18-16(21)5-2-6-17(18)28-20/h2,5-10,14H,3-4,11-12H2,1H3,(H,22,23,25). The molecular formula is C20H20FN3O3S2. The predicted molar refractivity (Wildman–Crippen MR) is 111 cm³/mol. The summed E-state index contributed by atoms with van der Waals surface area (Å²) < 4.78 is 41.7. The Morgan fingerprint density at radius 1 is 1.24 bits per heavy atom. The van der Waals surface area contributed by atoms with Crippen LogP contribution in [0, 0.1) is 18.7 Å². The van der Waals surface area contributed by atoms with E-state index in [1.165, 1.54) is 21.7 Å². The highest BCUT2D eigenvalue weighted by atomic mass is 32.2. The normalized spacial score (nSPS) is 18.1. The van der Waals surface area contributed by atoms with Crippen LogP contribution in [-0.2, 0) is 14.8 Å². The zero-order valence-corrected chi connectivity index (χ0v) is 17.4. The molecule has 1 unspecified atom stereocenters. The first-order chi connectivity index (χ1) is 13.8. The van der Waals surface area contributed by atoms with Crippen molar-refractivity contribution in [3.63, 3.8) is 0 Å². The van der Waals surface area contributed by atoms with Crippen molar-refractivity contribution in [2.24, 2.45) is 5.92 Å². The van der Waals surface area contributed by atoms with Crippen molar-refractivity contribution in [1.29, 1.82) is 0 Å². The number of nitrogens with zero attached hydrogens (tertiary/aromatic N) is 2. The van der Waals surface area contributed by atoms with Gasteiger partial charge in [0.05, 0.1) is 15.5 Å². The van der Waals surface area contributed by atoms with Gasteiger partial charge < -0.3 is 5.32 Å². The van der Waals surface area contributed by atoms with E-state index in [9.17, 15) is 17.6 Å². The van der Waals surface area contributed by atoms with Crippen LogP contribution in [0.3, 0.4) is 0 Å². The third-order valence-corrected chi connectivity index (χ3v) is 7.83. The van der Waals surface area contributed by atoms with Gasteiger partial charge in [-0.1, -0.05) is 35.1 Å². The molecule has 1 atom stereocenters. The summed E-state index contributed by atoms with van der Waals surface area (Å²) in [7, 11) is -3.65. The van der Waals surface area contributed by atoms with Crippen LogP contribution in [-0.4, -0.2) is 36.7 Å². The maximum Gasteiger partial charge on any atom is 0.243 e. The van der Waals surface area contributed by atoms with Crippen LogP contribution in [0.15, 0.2) is 47.4 Å². The van der Waals surface area contributed by atoms with Crippen molar-refractivity contribution in [2.75, 3.05) is 18.4 Å². The topological polar surface area (TPSA) is 79.4 Å². The lowest BCUT2D eigenvalue weighted by Crippen LogP contribution is -2.43. The van der Waals surface area contributed by atoms with Crippen molar-refractivity contribution >= 4 is 42.6 Å². The van der Waals surface area contributed by atoms with Crippen LogP contribution >= 0.6 is 11.3 Å². The summed E-state index contributed by atoms with van der Waals surface area (Å²) in [6, 6.07) is 11.3. The molecule has 0 radical (unpaired) electrons. The Morgan fingerprint density at radius 2 is 2.00 bits per heavy atom. The van der Waals surface area contributed by atoms with Crippen molar-refractivity contribution in [2.45, 2.75) is 24.7 Å². The second-order valence-corrected chi connectivity index (χ2v) is 10.1. The molecular weight excluding hydrogens is 413 g/mol. The molecule has 6 nitrogen and oxygen atoms in total. The van der Waals surface area contributed by atoms with Crippen LogP contribution in [0.1, 0.15) is 18.4 Å². The van der Waals surface area contributed by atoms with Gasteiger partial charge >= 0.3 is 0 Å². The maximum atomic E-state index is 13.8. The van der Waals surface area contributed by atoms with E-state index in [1.807, 2.05) is 6.92 Å². The number of fused-ring (bicyclic) bond motifs is 1. The Labute approximate surface area is 172 Å². The fraction of sp³-hybridized carbons (Fsp3) is 0.300. The number of amides is 1. The van der Waals surface area contributed by atoms with Gasteiger partial charge in [-0.25, -0.2) is 17.8 Å². The summed E-state index contributed by atoms with van der Waals surface area (Å²) in [5.74, 6) is -1.22. The first-order valence-electron chi connectivity index (χ1n) is 9.27. The number of hydrogen-bond acceptors (Lipinski definition) is 5. The zero-order valence-electron chi connectivity index (χ0n) is 15.8. The van der Waals surface area contributed by atoms with Gasteiger partial charge in [-0.2, -0.15) is 4.31 Å². The van der Waals surface area contributed by atoms with Crippen molar-refractivity contribution in [3.05, 3.63) is 53.8 Å². The monoisotopic (exact) mass is 433 g/mol. The van der Waals surface area contributed by atoms with E-state index in [2.05, 4.69) is 10.3 Å². The highest BCUT2D eigenvalue weighted by Gasteiger charge is 2.33. The molecule has 4 rings (SSSR count). The van der Waals surface area contributed by atoms with Gasteiger partial charge in [-0.3, -0.25) is 4.79 Å². The first-order valence-corrected chi connectivity index (χ1v) is 11.5. The zero-order chi connectivity index (χ0) is 20.6. The first kappa shape index (κ1) is 19.9. The SMILES string of the molecule is Cc1ccc(S(=O)(=O)N2CCCC(C(=O)Nc3nc4c(F)cccc4s3)C2)cc1. The molecule has 0 bridgehead atoms. The van der Waals surface area contributed by atoms with Gasteiger partial charge in [-0.15, -0.1) is 0 Å². The molecule has 29 heavy (non-hydrogen) atoms. The summed E-state index contributed by atoms with van der Waals surface area (Å²) in [5, 5.41) is 3.04. The number of piperidine rings is 1. The third-order valence-electron chi connectivity index (χ3n) is 5.01. The number of anilines is 1. The molecule has 2 aromatic carbocycles. The van der Waals surface area contributed by atoms with Crippen LogP contribution in [0.2, 0.25) is 0 Å². The molecule has 1 aliphatic heterocycles. The number of rotatable bonds is 4. The second kappa shape index (κ2) is 7.81. The van der Waals surface area contributed by atoms with Gasteiger partial charge in [0.15, 0.2) is 5.13 Å². The Kier molecular flexibility index (Phi) is 5.37. The minimum atomic E-state index is -3.65. The van der Waals surface area contributed by atoms with Crippen molar-refractivity contribution < 1.29 is 17.6 Å². The number of halogens is 1. The number of sulfonamides is 1. The van der Waals surface area contributed by atoms with Crippen LogP contribution in [0.4, 0.5) is 9.52 Å². The van der Waals surface area contributed by atoms with Gasteiger partial charge in [-0.05, 0) is 44.0 Å². The highest BCUT2D eigenvalue weighted by Crippen LogP contribution is 2.29. The number of hydrogen-bond donors (Lipinski definition) is 1. The summed E-state index contributed by atoms with van der Waals surface area (Å²) in [5.41, 5.74) is 1.20. The number of carbonyl (C=O) groups excluding carboxylic acids is 1. The van der Waals surface area contributed by atoms with E-state index < -0.39 is 21.8 Å². The molecule has 1 aromatic heterocycles. The van der Waals surface area contributed by atoms with Crippen LogP contribution < -0.4 is 5.32 Å². The quantitative estimate of drug-likeness (QED) is 0.679. The maximum absolute atomic E-state index is 13.8. The molecule has 0 saturated carbocycles. The summed E-state index contributed by atoms with van der Waals surface area (Å²) in [6.07, 6.45) is 1.18. The van der Waals surface area contributed by atoms with Crippen LogP contribution in [0.25, 0.3) is 10.2 Å². The average molecular weight is 434 g/mol. The Morgan fingerprint density at radius 3 is 2.72 bits per heavy atom. The van der Waals surface area contributed by atoms with E-state index in [4.69, 9.17) is 0 Å². The lowest BCUT2D eigenvalue weighted by molar-refractivity contribution is -0.120. The fourth-order valence-electron chi connectivity index (χ4n) is 3.41. The number of para-hydroxylation sites is 1. The smallest absolute Gasteiger partial charge is 0.243 e. The number of thiazole rings is 1. The molecule has 1 amide bonds. The van der Waals surface area contributed by atoms with Gasteiger partial charge in [0.2, 0.25) is 15.9 Å². The minimum Gasteiger partial charge on any atom is -0.302 e. The molecule has 2 heterocycles. The van der Waals surface area contributed by atoms with Gasteiger partial charge in [0.25, 0.3) is 0 Å². The van der Waals surface area contributed by atoms with Crippen LogP contribution in [0.5, 0.6) is 0 Å². The summed E-state index contributed by atoms with van der Waals surface area (Å²) >= 11 is 1.19. The largest absolute Gasteiger partial charge is 0.302 e. The number of benzene rings is 2. The lowest BCUT2D eigenvalue weighted by atomic mass is 9.99.